The maximum Gasteiger partial charge on any atom is 0.291 e. The molecule has 0 saturated heterocycles. The van der Waals surface area contributed by atoms with E-state index in [1.54, 1.807) is 0 Å². The summed E-state index contributed by atoms with van der Waals surface area (Å²) in [5.41, 5.74) is 8.04. The summed E-state index contributed by atoms with van der Waals surface area (Å²) in [4.78, 5) is 13.5. The Bertz CT molecular complexity index is 1250. The van der Waals surface area contributed by atoms with Crippen molar-refractivity contribution in [1.82, 2.24) is 10.4 Å². The van der Waals surface area contributed by atoms with Crippen LogP contribution in [0.15, 0.2) is 77.3 Å². The number of amides is 1. The van der Waals surface area contributed by atoms with Crippen LogP contribution in [0.5, 0.6) is 5.75 Å². The molecule has 2 N–H and O–H groups in total. The fourth-order valence-electron chi connectivity index (χ4n) is 4.66. The number of hydrogen-bond donors (Lipinski definition) is 2. The van der Waals surface area contributed by atoms with Gasteiger partial charge in [-0.15, -0.1) is 0 Å². The Morgan fingerprint density at radius 2 is 1.90 bits per heavy atom. The van der Waals surface area contributed by atoms with Crippen molar-refractivity contribution in [3.8, 4) is 5.75 Å². The predicted octanol–water partition coefficient (Wildman–Crippen LogP) is 5.11. The highest BCUT2D eigenvalue weighted by atomic mass is 79.9. The molecule has 3 aromatic rings. The number of para-hydroxylation sites is 1. The molecule has 2 atom stereocenters. The lowest BCUT2D eigenvalue weighted by Crippen LogP contribution is -2.60. The minimum Gasteiger partial charge on any atom is -0.457 e. The minimum atomic E-state index is -1.28. The van der Waals surface area contributed by atoms with Gasteiger partial charge in [0.05, 0.1) is 17.4 Å². The largest absolute Gasteiger partial charge is 0.457 e. The Kier molecular flexibility index (Phi) is 4.04. The topological polar surface area (TPSA) is 53.6 Å². The fourth-order valence-corrected chi connectivity index (χ4v) is 4.92. The van der Waals surface area contributed by atoms with Crippen molar-refractivity contribution in [2.45, 2.75) is 25.1 Å². The Morgan fingerprint density at radius 1 is 1.10 bits per heavy atom. The number of fused-ring (bicyclic) bond motifs is 6. The molecule has 3 aliphatic heterocycles. The molecule has 0 saturated carbocycles. The van der Waals surface area contributed by atoms with E-state index in [1.807, 2.05) is 41.4 Å². The molecule has 3 aromatic carbocycles. The number of benzene rings is 3. The van der Waals surface area contributed by atoms with Gasteiger partial charge in [0, 0.05) is 15.6 Å². The minimum absolute atomic E-state index is 0.148. The van der Waals surface area contributed by atoms with Gasteiger partial charge in [-0.2, -0.15) is 5.01 Å². The predicted molar refractivity (Wildman–Crippen MR) is 123 cm³/mol. The third kappa shape index (κ3) is 2.61. The highest BCUT2D eigenvalue weighted by Crippen LogP contribution is 2.52. The molecule has 0 bridgehead atoms. The zero-order valence-electron chi connectivity index (χ0n) is 16.9. The lowest BCUT2D eigenvalue weighted by atomic mass is 9.94. The van der Waals surface area contributed by atoms with Gasteiger partial charge in [-0.05, 0) is 54.0 Å². The second-order valence-corrected chi connectivity index (χ2v) is 8.90. The van der Waals surface area contributed by atoms with Crippen LogP contribution in [-0.2, 0) is 16.9 Å². The zero-order chi connectivity index (χ0) is 21.2. The van der Waals surface area contributed by atoms with Crippen molar-refractivity contribution < 1.29 is 9.53 Å². The van der Waals surface area contributed by atoms with E-state index in [0.717, 1.165) is 50.3 Å². The molecule has 6 heteroatoms. The molecule has 0 fully saturated rings. The van der Waals surface area contributed by atoms with Gasteiger partial charge in [0.15, 0.2) is 0 Å². The molecule has 3 heterocycles. The quantitative estimate of drug-likeness (QED) is 0.542. The maximum absolute atomic E-state index is 13.5. The summed E-state index contributed by atoms with van der Waals surface area (Å²) in [5, 5.41) is 4.99. The number of rotatable bonds is 2. The Balaban J connectivity index is 1.54. The molecule has 0 radical (unpaired) electrons. The van der Waals surface area contributed by atoms with Crippen LogP contribution in [-0.4, -0.2) is 10.9 Å². The van der Waals surface area contributed by atoms with Gasteiger partial charge < -0.3 is 15.5 Å². The number of ether oxygens (including phenoxy) is 1. The summed E-state index contributed by atoms with van der Waals surface area (Å²) in [6, 6.07) is 22.0. The van der Waals surface area contributed by atoms with E-state index in [9.17, 15) is 4.79 Å². The molecule has 3 aliphatic rings. The summed E-state index contributed by atoms with van der Waals surface area (Å²) >= 11 is 3.50. The van der Waals surface area contributed by atoms with Gasteiger partial charge in [0.1, 0.15) is 5.75 Å². The summed E-state index contributed by atoms with van der Waals surface area (Å²) < 4.78 is 7.57. The van der Waals surface area contributed by atoms with E-state index in [0.29, 0.717) is 0 Å². The number of halogens is 1. The highest BCUT2D eigenvalue weighted by Gasteiger charge is 2.60. The van der Waals surface area contributed by atoms with Crippen molar-refractivity contribution in [1.29, 1.82) is 0 Å². The van der Waals surface area contributed by atoms with E-state index in [1.165, 1.54) is 0 Å². The average Bonchev–Trinajstić information content (AvgIpc) is 3.35. The average molecular weight is 474 g/mol. The molecular weight excluding hydrogens is 454 g/mol. The Morgan fingerprint density at radius 3 is 2.71 bits per heavy atom. The molecule has 1 amide bonds. The van der Waals surface area contributed by atoms with Crippen molar-refractivity contribution in [3.05, 3.63) is 99.5 Å². The van der Waals surface area contributed by atoms with E-state index in [4.69, 9.17) is 4.74 Å². The lowest BCUT2D eigenvalue weighted by Gasteiger charge is -2.44. The summed E-state index contributed by atoms with van der Waals surface area (Å²) in [6.07, 6.45) is 3.05. The lowest BCUT2D eigenvalue weighted by molar-refractivity contribution is -0.165. The molecule has 2 unspecified atom stereocenters. The van der Waals surface area contributed by atoms with Crippen LogP contribution in [0.2, 0.25) is 0 Å². The third-order valence-electron chi connectivity index (χ3n) is 6.25. The SMILES string of the molecule is CCc1ccc2c(c1)C1(Oc3ccccc3C3C=C(c4ccc(Br)cc4)NN31)C(=O)N2. The first-order valence-corrected chi connectivity index (χ1v) is 11.2. The number of hydrogen-bond acceptors (Lipinski definition) is 4. The molecular formula is C25H20BrN3O2. The Labute approximate surface area is 188 Å². The molecule has 0 aromatic heterocycles. The van der Waals surface area contributed by atoms with Crippen LogP contribution in [0.1, 0.15) is 35.2 Å². The standard InChI is InChI=1S/C25H20BrN3O2/c1-2-15-7-12-20-19(13-15)25(24(30)27-20)29-22(18-5-3-4-6-23(18)31-25)14-21(28-29)16-8-10-17(26)11-9-16/h3-14,22,28H,2H2,1H3,(H,27,30). The van der Waals surface area contributed by atoms with Gasteiger partial charge in [-0.1, -0.05) is 59.3 Å². The van der Waals surface area contributed by atoms with E-state index < -0.39 is 5.72 Å². The number of hydrazine groups is 1. The molecule has 1 spiro atoms. The van der Waals surface area contributed by atoms with Gasteiger partial charge in [-0.3, -0.25) is 4.79 Å². The number of nitrogens with one attached hydrogen (secondary N) is 2. The maximum atomic E-state index is 13.5. The second kappa shape index (κ2) is 6.70. The van der Waals surface area contributed by atoms with Gasteiger partial charge in [0.25, 0.3) is 11.6 Å². The Hall–Kier alpha value is -3.09. The molecule has 31 heavy (non-hydrogen) atoms. The smallest absolute Gasteiger partial charge is 0.291 e. The molecule has 0 aliphatic carbocycles. The van der Waals surface area contributed by atoms with E-state index in [2.05, 4.69) is 70.0 Å². The summed E-state index contributed by atoms with van der Waals surface area (Å²) in [6.45, 7) is 2.11. The fraction of sp³-hybridized carbons (Fsp3) is 0.160. The second-order valence-electron chi connectivity index (χ2n) is 7.99. The molecule has 154 valence electrons. The first-order valence-electron chi connectivity index (χ1n) is 10.4. The number of carbonyl (C=O) groups is 1. The number of anilines is 1. The van der Waals surface area contributed by atoms with Crippen LogP contribution in [0.25, 0.3) is 5.70 Å². The first-order chi connectivity index (χ1) is 15.1. The molecule has 5 nitrogen and oxygen atoms in total. The van der Waals surface area contributed by atoms with Crippen LogP contribution in [0.4, 0.5) is 5.69 Å². The van der Waals surface area contributed by atoms with Crippen molar-refractivity contribution in [2.24, 2.45) is 0 Å². The number of aryl methyl sites for hydroxylation is 1. The van der Waals surface area contributed by atoms with Crippen LogP contribution in [0.3, 0.4) is 0 Å². The summed E-state index contributed by atoms with van der Waals surface area (Å²) in [7, 11) is 0. The van der Waals surface area contributed by atoms with Crippen LogP contribution < -0.4 is 15.5 Å². The van der Waals surface area contributed by atoms with E-state index in [-0.39, 0.29) is 11.9 Å². The first kappa shape index (κ1) is 18.7. The van der Waals surface area contributed by atoms with Gasteiger partial charge >= 0.3 is 0 Å². The highest BCUT2D eigenvalue weighted by molar-refractivity contribution is 9.10. The van der Waals surface area contributed by atoms with Crippen molar-refractivity contribution >= 4 is 33.2 Å². The number of nitrogens with zero attached hydrogens (tertiary/aromatic N) is 1. The number of carbonyl (C=O) groups excluding carboxylic acids is 1. The normalized spacial score (nSPS) is 23.4. The van der Waals surface area contributed by atoms with Crippen molar-refractivity contribution in [2.75, 3.05) is 5.32 Å². The van der Waals surface area contributed by atoms with E-state index >= 15 is 0 Å². The van der Waals surface area contributed by atoms with Crippen LogP contribution >= 0.6 is 15.9 Å². The van der Waals surface area contributed by atoms with Crippen molar-refractivity contribution in [3.63, 3.8) is 0 Å². The zero-order valence-corrected chi connectivity index (χ0v) is 18.4. The monoisotopic (exact) mass is 473 g/mol. The van der Waals surface area contributed by atoms with Gasteiger partial charge in [-0.25, -0.2) is 0 Å². The molecule has 6 rings (SSSR count). The summed E-state index contributed by atoms with van der Waals surface area (Å²) in [5.74, 6) is 0.539. The third-order valence-corrected chi connectivity index (χ3v) is 6.78. The van der Waals surface area contributed by atoms with Crippen LogP contribution in [0, 0.1) is 0 Å². The van der Waals surface area contributed by atoms with Gasteiger partial charge in [0.2, 0.25) is 0 Å².